The number of amides is 3. The zero-order chi connectivity index (χ0) is 18.5. The number of hydrogen-bond donors (Lipinski definition) is 4. The fourth-order valence-electron chi connectivity index (χ4n) is 2.76. The lowest BCUT2D eigenvalue weighted by Gasteiger charge is -2.23. The fraction of sp³-hybridized carbons (Fsp3) is 0.353. The van der Waals surface area contributed by atoms with Crippen LogP contribution >= 0.6 is 11.3 Å². The van der Waals surface area contributed by atoms with E-state index in [0.29, 0.717) is 10.0 Å². The van der Waals surface area contributed by atoms with E-state index >= 15 is 0 Å². The van der Waals surface area contributed by atoms with Gasteiger partial charge in [-0.3, -0.25) is 10.1 Å². The maximum Gasteiger partial charge on any atom is 0.317 e. The molecule has 0 radical (unpaired) electrons. The number of carbonyl (C=O) groups is 2. The summed E-state index contributed by atoms with van der Waals surface area (Å²) < 4.78 is 5.15. The van der Waals surface area contributed by atoms with E-state index in [1.54, 1.807) is 7.11 Å². The van der Waals surface area contributed by atoms with E-state index < -0.39 is 6.03 Å². The minimum absolute atomic E-state index is 0.0452. The third-order valence-electron chi connectivity index (χ3n) is 4.05. The van der Waals surface area contributed by atoms with Crippen molar-refractivity contribution in [2.75, 3.05) is 25.5 Å². The Balaban J connectivity index is 1.85. The van der Waals surface area contributed by atoms with Crippen molar-refractivity contribution in [3.05, 3.63) is 30.0 Å². The molecule has 8 nitrogen and oxygen atoms in total. The number of primary amides is 1. The smallest absolute Gasteiger partial charge is 0.317 e. The van der Waals surface area contributed by atoms with Crippen LogP contribution < -0.4 is 26.4 Å². The molecule has 5 N–H and O–H groups in total. The van der Waals surface area contributed by atoms with Gasteiger partial charge in [-0.25, -0.2) is 9.78 Å². The molecule has 0 unspecified atom stereocenters. The molecule has 3 rings (SSSR count). The van der Waals surface area contributed by atoms with Crippen LogP contribution in [0.2, 0.25) is 0 Å². The molecule has 1 atom stereocenters. The number of methoxy groups -OCH3 is 1. The highest BCUT2D eigenvalue weighted by Gasteiger charge is 2.23. The molecule has 0 bridgehead atoms. The number of nitrogens with two attached hydrogens (primary N) is 1. The minimum atomic E-state index is -0.733. The monoisotopic (exact) mass is 375 g/mol. The molecule has 0 aliphatic carbocycles. The van der Waals surface area contributed by atoms with Crippen molar-refractivity contribution in [1.82, 2.24) is 15.6 Å². The number of benzene rings is 1. The third kappa shape index (κ3) is 4.30. The van der Waals surface area contributed by atoms with Gasteiger partial charge in [-0.05, 0) is 43.7 Å². The standard InChI is InChI=1S/C17H21N5O3S/c1-25-12-6-4-10(5-7-12)15-21-13(16(26-15)22-17(18)24)14(23)20-11-3-2-8-19-9-11/h4-7,11,19H,2-3,8-9H2,1H3,(H,20,23)(H3,18,22,24)/t11-/m0/s1. The number of aromatic nitrogens is 1. The van der Waals surface area contributed by atoms with Crippen molar-refractivity contribution >= 4 is 28.3 Å². The van der Waals surface area contributed by atoms with Crippen LogP contribution in [0.5, 0.6) is 5.75 Å². The Morgan fingerprint density at radius 1 is 1.35 bits per heavy atom. The van der Waals surface area contributed by atoms with Crippen molar-refractivity contribution < 1.29 is 14.3 Å². The normalized spacial score (nSPS) is 16.7. The number of hydrogen-bond acceptors (Lipinski definition) is 6. The van der Waals surface area contributed by atoms with Crippen LogP contribution in [-0.4, -0.2) is 43.2 Å². The average Bonchev–Trinajstić information content (AvgIpc) is 3.06. The molecule has 2 aromatic rings. The van der Waals surface area contributed by atoms with E-state index in [1.165, 1.54) is 11.3 Å². The number of thiazole rings is 1. The number of piperidine rings is 1. The molecule has 138 valence electrons. The number of urea groups is 1. The maximum absolute atomic E-state index is 12.7. The van der Waals surface area contributed by atoms with Crippen molar-refractivity contribution in [2.45, 2.75) is 18.9 Å². The van der Waals surface area contributed by atoms with Crippen LogP contribution in [-0.2, 0) is 0 Å². The van der Waals surface area contributed by atoms with Gasteiger partial charge in [0.2, 0.25) is 0 Å². The Bertz CT molecular complexity index is 784. The van der Waals surface area contributed by atoms with Gasteiger partial charge in [0, 0.05) is 18.2 Å². The Labute approximate surface area is 155 Å². The van der Waals surface area contributed by atoms with Gasteiger partial charge in [0.1, 0.15) is 15.8 Å². The third-order valence-corrected chi connectivity index (χ3v) is 5.07. The molecule has 0 saturated carbocycles. The van der Waals surface area contributed by atoms with Crippen molar-refractivity contribution in [3.63, 3.8) is 0 Å². The number of nitrogens with one attached hydrogen (secondary N) is 3. The number of ether oxygens (including phenoxy) is 1. The van der Waals surface area contributed by atoms with E-state index in [2.05, 4.69) is 20.9 Å². The highest BCUT2D eigenvalue weighted by molar-refractivity contribution is 7.19. The maximum atomic E-state index is 12.7. The summed E-state index contributed by atoms with van der Waals surface area (Å²) in [6.07, 6.45) is 1.91. The topological polar surface area (TPSA) is 118 Å². The first-order valence-corrected chi connectivity index (χ1v) is 9.11. The molecule has 1 aliphatic rings. The number of rotatable bonds is 5. The molecule has 2 heterocycles. The quantitative estimate of drug-likeness (QED) is 0.635. The molecule has 26 heavy (non-hydrogen) atoms. The Morgan fingerprint density at radius 2 is 2.12 bits per heavy atom. The van der Waals surface area contributed by atoms with E-state index in [1.807, 2.05) is 24.3 Å². The van der Waals surface area contributed by atoms with Gasteiger partial charge in [-0.2, -0.15) is 0 Å². The highest BCUT2D eigenvalue weighted by Crippen LogP contribution is 2.33. The molecule has 1 saturated heterocycles. The zero-order valence-electron chi connectivity index (χ0n) is 14.4. The van der Waals surface area contributed by atoms with Crippen molar-refractivity contribution in [2.24, 2.45) is 5.73 Å². The Morgan fingerprint density at radius 3 is 2.73 bits per heavy atom. The summed E-state index contributed by atoms with van der Waals surface area (Å²) in [5.74, 6) is 0.405. The van der Waals surface area contributed by atoms with Crippen LogP contribution in [0.4, 0.5) is 9.80 Å². The molecule has 0 spiro atoms. The van der Waals surface area contributed by atoms with Gasteiger partial charge in [0.25, 0.3) is 5.91 Å². The lowest BCUT2D eigenvalue weighted by Crippen LogP contribution is -2.45. The van der Waals surface area contributed by atoms with Gasteiger partial charge in [-0.1, -0.05) is 11.3 Å². The summed E-state index contributed by atoms with van der Waals surface area (Å²) in [5, 5.41) is 9.66. The first-order valence-electron chi connectivity index (χ1n) is 8.30. The lowest BCUT2D eigenvalue weighted by atomic mass is 10.1. The molecule has 9 heteroatoms. The average molecular weight is 375 g/mol. The minimum Gasteiger partial charge on any atom is -0.497 e. The van der Waals surface area contributed by atoms with Gasteiger partial charge < -0.3 is 21.1 Å². The molecule has 1 aromatic carbocycles. The predicted octanol–water partition coefficient (Wildman–Crippen LogP) is 1.79. The second-order valence-electron chi connectivity index (χ2n) is 5.93. The largest absolute Gasteiger partial charge is 0.497 e. The Hall–Kier alpha value is -2.65. The van der Waals surface area contributed by atoms with Crippen LogP contribution in [0.25, 0.3) is 10.6 Å². The zero-order valence-corrected chi connectivity index (χ0v) is 15.2. The lowest BCUT2D eigenvalue weighted by molar-refractivity contribution is 0.0927. The second-order valence-corrected chi connectivity index (χ2v) is 6.93. The summed E-state index contributed by atoms with van der Waals surface area (Å²) in [7, 11) is 1.59. The summed E-state index contributed by atoms with van der Waals surface area (Å²) >= 11 is 1.20. The van der Waals surface area contributed by atoms with Crippen LogP contribution in [0.15, 0.2) is 24.3 Å². The SMILES string of the molecule is COc1ccc(-c2nc(C(=O)N[C@H]3CCCNC3)c(NC(N)=O)s2)cc1. The fourth-order valence-corrected chi connectivity index (χ4v) is 3.73. The van der Waals surface area contributed by atoms with E-state index in [9.17, 15) is 9.59 Å². The van der Waals surface area contributed by atoms with E-state index in [-0.39, 0.29) is 17.6 Å². The van der Waals surface area contributed by atoms with Gasteiger partial charge in [0.15, 0.2) is 5.69 Å². The number of nitrogens with zero attached hydrogens (tertiary/aromatic N) is 1. The van der Waals surface area contributed by atoms with E-state index in [0.717, 1.165) is 37.2 Å². The summed E-state index contributed by atoms with van der Waals surface area (Å²) in [5.41, 5.74) is 6.23. The predicted molar refractivity (Wildman–Crippen MR) is 101 cm³/mol. The molecule has 1 fully saturated rings. The number of anilines is 1. The van der Waals surface area contributed by atoms with Gasteiger partial charge >= 0.3 is 6.03 Å². The van der Waals surface area contributed by atoms with Crippen LogP contribution in [0.1, 0.15) is 23.3 Å². The molecular formula is C17H21N5O3S. The Kier molecular flexibility index (Phi) is 5.69. The van der Waals surface area contributed by atoms with E-state index in [4.69, 9.17) is 10.5 Å². The highest BCUT2D eigenvalue weighted by atomic mass is 32.1. The second kappa shape index (κ2) is 8.15. The van der Waals surface area contributed by atoms with Crippen LogP contribution in [0.3, 0.4) is 0 Å². The summed E-state index contributed by atoms with van der Waals surface area (Å²) in [6, 6.07) is 6.63. The first kappa shape index (κ1) is 18.2. The molecule has 1 aromatic heterocycles. The van der Waals surface area contributed by atoms with Gasteiger partial charge in [0.05, 0.1) is 7.11 Å². The summed E-state index contributed by atoms with van der Waals surface area (Å²) in [4.78, 5) is 28.4. The van der Waals surface area contributed by atoms with Gasteiger partial charge in [-0.15, -0.1) is 0 Å². The molecule has 1 aliphatic heterocycles. The first-order chi connectivity index (χ1) is 12.6. The molecular weight excluding hydrogens is 354 g/mol. The number of carbonyl (C=O) groups excluding carboxylic acids is 2. The van der Waals surface area contributed by atoms with Crippen molar-refractivity contribution in [3.8, 4) is 16.3 Å². The molecule has 3 amide bonds. The van der Waals surface area contributed by atoms with Crippen molar-refractivity contribution in [1.29, 1.82) is 0 Å². The summed E-state index contributed by atoms with van der Waals surface area (Å²) in [6.45, 7) is 1.68. The van der Waals surface area contributed by atoms with Crippen LogP contribution in [0, 0.1) is 0 Å².